The summed E-state index contributed by atoms with van der Waals surface area (Å²) in [7, 11) is -3.41. The number of sulfone groups is 1. The van der Waals surface area contributed by atoms with Crippen molar-refractivity contribution in [2.75, 3.05) is 6.26 Å². The maximum Gasteiger partial charge on any atom is 0.312 e. The fraction of sp³-hybridized carbons (Fsp3) is 0.607. The van der Waals surface area contributed by atoms with Crippen LogP contribution in [0.15, 0.2) is 23.6 Å². The van der Waals surface area contributed by atoms with Gasteiger partial charge >= 0.3 is 5.69 Å². The van der Waals surface area contributed by atoms with E-state index < -0.39 is 62.0 Å². The monoisotopic (exact) mass is 722 g/mol. The second-order valence-electron chi connectivity index (χ2n) is 11.7. The zero-order valence-electron chi connectivity index (χ0n) is 25.1. The van der Waals surface area contributed by atoms with Crippen molar-refractivity contribution in [2.45, 2.75) is 85.4 Å². The summed E-state index contributed by atoms with van der Waals surface area (Å²) in [6.45, 7) is 11.4. The topological polar surface area (TPSA) is 185 Å². The predicted octanol–water partition coefficient (Wildman–Crippen LogP) is 3.60. The lowest BCUT2D eigenvalue weighted by Gasteiger charge is -2.27. The number of halogens is 1. The van der Waals surface area contributed by atoms with Gasteiger partial charge in [-0.05, 0) is 71.2 Å². The van der Waals surface area contributed by atoms with E-state index in [0.29, 0.717) is 18.4 Å². The number of nitro benzene ring substituents is 1. The molecule has 0 aliphatic rings. The molecule has 0 saturated heterocycles. The Bertz CT molecular complexity index is 1260. The fourth-order valence-electron chi connectivity index (χ4n) is 4.20. The van der Waals surface area contributed by atoms with Gasteiger partial charge in [0.2, 0.25) is 23.5 Å². The van der Waals surface area contributed by atoms with Gasteiger partial charge in [0.1, 0.15) is 12.1 Å². The molecule has 4 N–H and O–H groups in total. The molecule has 3 atom stereocenters. The van der Waals surface area contributed by atoms with Crippen LogP contribution in [-0.4, -0.2) is 60.6 Å². The van der Waals surface area contributed by atoms with E-state index >= 15 is 0 Å². The third kappa shape index (κ3) is 13.9. The van der Waals surface area contributed by atoms with Crippen LogP contribution in [0.1, 0.15) is 66.4 Å². The number of benzene rings is 1. The first-order chi connectivity index (χ1) is 19.3. The molecule has 0 saturated carbocycles. The number of aromatic hydroxyl groups is 1. The van der Waals surface area contributed by atoms with Gasteiger partial charge in [0.25, 0.3) is 0 Å². The Labute approximate surface area is 261 Å². The number of carbonyl (C=O) groups excluding carboxylic acids is 3. The van der Waals surface area contributed by atoms with Crippen LogP contribution in [0, 0.1) is 31.4 Å². The third-order valence-electron chi connectivity index (χ3n) is 5.97. The minimum absolute atomic E-state index is 0.00526. The minimum atomic E-state index is -3.41. The summed E-state index contributed by atoms with van der Waals surface area (Å²) in [4.78, 5) is 50.2. The summed E-state index contributed by atoms with van der Waals surface area (Å²) in [5.74, 6) is -1.88. The molecule has 1 aromatic rings. The molecular formula is C28H43IN4O8S. The summed E-state index contributed by atoms with van der Waals surface area (Å²) < 4.78 is 23.5. The van der Waals surface area contributed by atoms with Crippen molar-refractivity contribution in [3.05, 3.63) is 42.9 Å². The van der Waals surface area contributed by atoms with E-state index in [0.717, 1.165) is 17.7 Å². The molecule has 0 aromatic heterocycles. The molecule has 3 amide bonds. The van der Waals surface area contributed by atoms with Crippen molar-refractivity contribution in [3.8, 4) is 5.75 Å². The van der Waals surface area contributed by atoms with E-state index in [-0.39, 0.29) is 34.2 Å². The van der Waals surface area contributed by atoms with Crippen molar-refractivity contribution in [1.82, 2.24) is 16.0 Å². The van der Waals surface area contributed by atoms with Crippen molar-refractivity contribution in [2.24, 2.45) is 17.8 Å². The molecular weight excluding hydrogens is 679 g/mol. The number of phenols is 1. The summed E-state index contributed by atoms with van der Waals surface area (Å²) in [6.07, 6.45) is 3.29. The van der Waals surface area contributed by atoms with Crippen molar-refractivity contribution in [1.29, 1.82) is 0 Å². The number of amides is 3. The molecule has 14 heteroatoms. The SMILES string of the molecule is CC(C)CC(/C=C/S(C)(=O)=O)NC(=O)C(CC(C)C)NC(=O)C(CC(C)C)NC(=O)Cc1cc(I)c(O)c([N+](=O)[O-])c1. The fourth-order valence-corrected chi connectivity index (χ4v) is 5.36. The van der Waals surface area contributed by atoms with Gasteiger partial charge < -0.3 is 21.1 Å². The van der Waals surface area contributed by atoms with Crippen LogP contribution in [0.4, 0.5) is 5.69 Å². The summed E-state index contributed by atoms with van der Waals surface area (Å²) in [5, 5.41) is 30.5. The van der Waals surface area contributed by atoms with E-state index in [1.54, 1.807) is 22.6 Å². The Hall–Kier alpha value is -2.75. The number of hydrogen-bond acceptors (Lipinski definition) is 8. The maximum atomic E-state index is 13.4. The molecule has 0 radical (unpaired) electrons. The first-order valence-electron chi connectivity index (χ1n) is 13.7. The van der Waals surface area contributed by atoms with E-state index in [4.69, 9.17) is 0 Å². The van der Waals surface area contributed by atoms with Gasteiger partial charge in [0.05, 0.1) is 14.9 Å². The highest BCUT2D eigenvalue weighted by molar-refractivity contribution is 14.1. The highest BCUT2D eigenvalue weighted by Gasteiger charge is 2.29. The first-order valence-corrected chi connectivity index (χ1v) is 16.8. The predicted molar refractivity (Wildman–Crippen MR) is 169 cm³/mol. The average molecular weight is 723 g/mol. The molecule has 42 heavy (non-hydrogen) atoms. The Morgan fingerprint density at radius 3 is 1.90 bits per heavy atom. The normalized spacial score (nSPS) is 14.2. The molecule has 1 aromatic carbocycles. The highest BCUT2D eigenvalue weighted by atomic mass is 127. The van der Waals surface area contributed by atoms with Crippen molar-refractivity contribution < 1.29 is 32.8 Å². The molecule has 1 rings (SSSR count). The average Bonchev–Trinajstić information content (AvgIpc) is 2.82. The van der Waals surface area contributed by atoms with Gasteiger partial charge in [0, 0.05) is 23.8 Å². The van der Waals surface area contributed by atoms with Crippen LogP contribution < -0.4 is 16.0 Å². The van der Waals surface area contributed by atoms with E-state index in [9.17, 15) is 38.0 Å². The molecule has 0 spiro atoms. The number of carbonyl (C=O) groups is 3. The first kappa shape index (κ1) is 37.3. The molecule has 236 valence electrons. The van der Waals surface area contributed by atoms with Crippen LogP contribution in [0.2, 0.25) is 0 Å². The second-order valence-corrected chi connectivity index (χ2v) is 14.8. The summed E-state index contributed by atoms with van der Waals surface area (Å²) >= 11 is 1.74. The quantitative estimate of drug-likeness (QED) is 0.113. The van der Waals surface area contributed by atoms with E-state index in [1.165, 1.54) is 12.1 Å². The Morgan fingerprint density at radius 2 is 1.43 bits per heavy atom. The number of nitro groups is 1. The molecule has 0 bridgehead atoms. The van der Waals surface area contributed by atoms with Crippen LogP contribution in [-0.2, 0) is 30.6 Å². The van der Waals surface area contributed by atoms with Crippen molar-refractivity contribution in [3.63, 3.8) is 0 Å². The Morgan fingerprint density at radius 1 is 0.929 bits per heavy atom. The summed E-state index contributed by atoms with van der Waals surface area (Å²) in [5.41, 5.74) is -0.230. The number of hydrogen-bond donors (Lipinski definition) is 4. The van der Waals surface area contributed by atoms with Crippen LogP contribution in [0.5, 0.6) is 5.75 Å². The highest BCUT2D eigenvalue weighted by Crippen LogP contribution is 2.32. The largest absolute Gasteiger partial charge is 0.501 e. The Balaban J connectivity index is 3.14. The van der Waals surface area contributed by atoms with Crippen molar-refractivity contribution >= 4 is 55.8 Å². The number of nitrogens with zero attached hydrogens (tertiary/aromatic N) is 1. The lowest BCUT2D eigenvalue weighted by Crippen LogP contribution is -2.55. The molecule has 0 heterocycles. The number of nitrogens with one attached hydrogen (secondary N) is 3. The number of rotatable bonds is 16. The lowest BCUT2D eigenvalue weighted by molar-refractivity contribution is -0.386. The lowest BCUT2D eigenvalue weighted by atomic mass is 9.99. The molecule has 0 fully saturated rings. The maximum absolute atomic E-state index is 13.4. The molecule has 0 aliphatic heterocycles. The molecule has 12 nitrogen and oxygen atoms in total. The minimum Gasteiger partial charge on any atom is -0.501 e. The van der Waals surface area contributed by atoms with Crippen LogP contribution in [0.3, 0.4) is 0 Å². The Kier molecular flexibility index (Phi) is 14.9. The van der Waals surface area contributed by atoms with Gasteiger partial charge in [-0.1, -0.05) is 47.6 Å². The standard InChI is InChI=1S/C28H43IN4O8S/c1-16(2)10-20(8-9-42(7,40)41)30-27(36)23(12-18(5)6)32-28(37)22(11-17(3)4)31-25(34)15-19-13-21(29)26(35)24(14-19)33(38)39/h8-9,13-14,16-18,20,22-23,35H,10-12,15H2,1-7H3,(H,30,36)(H,31,34)(H,32,37)/b9-8+. The van der Waals surface area contributed by atoms with E-state index in [1.807, 2.05) is 41.5 Å². The molecule has 3 unspecified atom stereocenters. The van der Waals surface area contributed by atoms with Gasteiger partial charge in [-0.2, -0.15) is 0 Å². The second kappa shape index (κ2) is 16.8. The van der Waals surface area contributed by atoms with E-state index in [2.05, 4.69) is 16.0 Å². The van der Waals surface area contributed by atoms with Gasteiger partial charge in [0.15, 0.2) is 9.84 Å². The van der Waals surface area contributed by atoms with Crippen LogP contribution >= 0.6 is 22.6 Å². The smallest absolute Gasteiger partial charge is 0.312 e. The van der Waals surface area contributed by atoms with Crippen LogP contribution in [0.25, 0.3) is 0 Å². The molecule has 0 aliphatic carbocycles. The third-order valence-corrected chi connectivity index (χ3v) is 7.45. The zero-order valence-corrected chi connectivity index (χ0v) is 28.1. The zero-order chi connectivity index (χ0) is 32.4. The van der Waals surface area contributed by atoms with Gasteiger partial charge in [-0.25, -0.2) is 8.42 Å². The summed E-state index contributed by atoms with van der Waals surface area (Å²) in [6, 6.07) is 0.0783. The van der Waals surface area contributed by atoms with Gasteiger partial charge in [-0.15, -0.1) is 0 Å². The van der Waals surface area contributed by atoms with Gasteiger partial charge in [-0.3, -0.25) is 24.5 Å². The number of phenolic OH excluding ortho intramolecular Hbond substituents is 1.